The van der Waals surface area contributed by atoms with Crippen LogP contribution in [0.15, 0.2) is 97.1 Å². The Kier molecular flexibility index (Phi) is 96.0. The van der Waals surface area contributed by atoms with Crippen molar-refractivity contribution in [3.8, 4) is 46.0 Å². The van der Waals surface area contributed by atoms with Crippen molar-refractivity contribution in [2.75, 3.05) is 65.4 Å². The molecular weight excluding hydrogens is 1110 g/mol. The van der Waals surface area contributed by atoms with Gasteiger partial charge in [0.2, 0.25) is 0 Å². The molecule has 4 aromatic rings. The van der Waals surface area contributed by atoms with E-state index in [0.717, 1.165) is 26.2 Å². The largest absolute Gasteiger partial charge is 2.00 e. The van der Waals surface area contributed by atoms with Gasteiger partial charge in [-0.15, -0.1) is 46.0 Å². The van der Waals surface area contributed by atoms with Crippen molar-refractivity contribution in [2.24, 2.45) is 34.4 Å². The second-order valence-electron chi connectivity index (χ2n) is 8.93. The average molecular weight is 1170 g/mol. The number of hydrogen-bond donors (Lipinski definition) is 10. The number of benzene rings is 4. The zero-order chi connectivity index (χ0) is 41.0. The van der Waals surface area contributed by atoms with Crippen LogP contribution >= 0.6 is 0 Å². The van der Waals surface area contributed by atoms with Gasteiger partial charge >= 0.3 is 0 Å². The monoisotopic (exact) mass is 1170 g/mol. The van der Waals surface area contributed by atoms with Crippen LogP contribution in [0.25, 0.3) is 0 Å². The van der Waals surface area contributed by atoms with Crippen LogP contribution in [0.4, 0.5) is 0 Å². The SMILES string of the molecule is NCCN.NCCN.NCC[NH3+].NCC[NH3+].[NH3+]CC[NH3+].[O-2].[O-2].[O-2].[O-2].[O-]c1ccccc1[O-].[O-]c1ccccc1[O-].[O-]c1ccccc1[O-].[O-]c1ccccc1[O-].[W].[W]. The fourth-order valence-corrected chi connectivity index (χ4v) is 1.80. The summed E-state index contributed by atoms with van der Waals surface area (Å²) >= 11 is 0. The Labute approximate surface area is 369 Å². The van der Waals surface area contributed by atoms with Crippen molar-refractivity contribution in [3.63, 3.8) is 0 Å². The topological polar surface area (TPSA) is 565 Å². The summed E-state index contributed by atoms with van der Waals surface area (Å²) in [7, 11) is 0. The molecule has 0 bridgehead atoms. The minimum absolute atomic E-state index is 0. The molecule has 24 heteroatoms. The number of quaternary nitrogens is 4. The molecule has 0 heterocycles. The molecular formula is C34H60N10O12W2-12. The summed E-state index contributed by atoms with van der Waals surface area (Å²) in [5.41, 5.74) is 43.6. The Balaban J connectivity index is -0.0000000479. The molecule has 24 N–H and O–H groups in total. The second kappa shape index (κ2) is 67.8. The van der Waals surface area contributed by atoms with Gasteiger partial charge in [0.15, 0.2) is 0 Å². The van der Waals surface area contributed by atoms with Crippen LogP contribution in [0.2, 0.25) is 0 Å². The quantitative estimate of drug-likeness (QED) is 0.0888. The fraction of sp³-hybridized carbons (Fsp3) is 0.294. The minimum Gasteiger partial charge on any atom is -2.00 e. The summed E-state index contributed by atoms with van der Waals surface area (Å²) in [4.78, 5) is 0. The summed E-state index contributed by atoms with van der Waals surface area (Å²) in [6.07, 6.45) is 0. The molecule has 4 rings (SSSR count). The third kappa shape index (κ3) is 66.9. The molecule has 0 unspecified atom stereocenters. The Morgan fingerprint density at radius 3 is 0.414 bits per heavy atom. The molecule has 0 aromatic heterocycles. The molecule has 0 saturated heterocycles. The van der Waals surface area contributed by atoms with Crippen molar-refractivity contribution in [1.29, 1.82) is 0 Å². The molecule has 0 amide bonds. The Hall–Kier alpha value is -3.90. The fourth-order valence-electron chi connectivity index (χ4n) is 1.80. The average Bonchev–Trinajstić information content (AvgIpc) is 3.17. The third-order valence-corrected chi connectivity index (χ3v) is 4.39. The zero-order valence-corrected chi connectivity index (χ0v) is 38.2. The predicted molar refractivity (Wildman–Crippen MR) is 189 cm³/mol. The van der Waals surface area contributed by atoms with Gasteiger partial charge in [-0.2, -0.15) is 0 Å². The van der Waals surface area contributed by atoms with Gasteiger partial charge in [0.05, 0.1) is 13.1 Å². The van der Waals surface area contributed by atoms with E-state index in [0.29, 0.717) is 39.3 Å². The van der Waals surface area contributed by atoms with Gasteiger partial charge in [-0.05, 0) is 0 Å². The van der Waals surface area contributed by atoms with E-state index in [1.54, 1.807) is 48.5 Å². The molecule has 4 aromatic carbocycles. The molecule has 58 heavy (non-hydrogen) atoms. The van der Waals surface area contributed by atoms with Gasteiger partial charge in [-0.3, -0.25) is 0 Å². The van der Waals surface area contributed by atoms with E-state index in [9.17, 15) is 40.9 Å². The summed E-state index contributed by atoms with van der Waals surface area (Å²) in [6, 6.07) is 22.4. The van der Waals surface area contributed by atoms with Gasteiger partial charge in [0, 0.05) is 81.4 Å². The molecule has 0 aliphatic carbocycles. The van der Waals surface area contributed by atoms with E-state index >= 15 is 0 Å². The number of nitrogens with two attached hydrogens (primary N) is 6. The van der Waals surface area contributed by atoms with Gasteiger partial charge in [0.1, 0.15) is 13.1 Å². The van der Waals surface area contributed by atoms with Crippen LogP contribution in [0.3, 0.4) is 0 Å². The summed E-state index contributed by atoms with van der Waals surface area (Å²) in [5, 5.41) is 82.5. The third-order valence-electron chi connectivity index (χ3n) is 4.39. The maximum Gasteiger partial charge on any atom is 0.124 e. The van der Waals surface area contributed by atoms with Crippen LogP contribution in [0, 0.1) is 0 Å². The maximum absolute atomic E-state index is 10.3. The van der Waals surface area contributed by atoms with Crippen molar-refractivity contribution in [2.45, 2.75) is 0 Å². The van der Waals surface area contributed by atoms with Crippen molar-refractivity contribution in [1.82, 2.24) is 0 Å². The van der Waals surface area contributed by atoms with Crippen molar-refractivity contribution in [3.05, 3.63) is 97.1 Å². The molecule has 0 spiro atoms. The van der Waals surface area contributed by atoms with Crippen molar-refractivity contribution < 1.29 is 128 Å². The summed E-state index contributed by atoms with van der Waals surface area (Å²) < 4.78 is 0. The molecule has 0 aliphatic rings. The van der Waals surface area contributed by atoms with Gasteiger partial charge < -0.3 is 120 Å². The van der Waals surface area contributed by atoms with E-state index in [2.05, 4.69) is 22.9 Å². The van der Waals surface area contributed by atoms with E-state index in [-0.39, 0.29) is 64.0 Å². The van der Waals surface area contributed by atoms with Gasteiger partial charge in [0.25, 0.3) is 0 Å². The molecule has 0 radical (unpaired) electrons. The van der Waals surface area contributed by atoms with Gasteiger partial charge in [-0.1, -0.05) is 97.1 Å². The van der Waals surface area contributed by atoms with Crippen LogP contribution in [0.5, 0.6) is 46.0 Å². The number of para-hydroxylation sites is 8. The Morgan fingerprint density at radius 1 is 0.276 bits per heavy atom. The van der Waals surface area contributed by atoms with Crippen LogP contribution in [0.1, 0.15) is 0 Å². The molecule has 22 nitrogen and oxygen atoms in total. The van der Waals surface area contributed by atoms with Crippen LogP contribution in [-0.2, 0) is 64.0 Å². The molecule has 0 saturated carbocycles. The molecule has 0 fully saturated rings. The first-order valence-electron chi connectivity index (χ1n) is 15.9. The normalized spacial score (nSPS) is 7.55. The standard InChI is InChI=1S/4C6H6O2.5C2H8N2.4O.2W/c4*7-5-3-1-2-4-6(5)8;5*3-1-2-4;;;;;;/h4*1-4,7-8H;5*1-4H2;;;;;;/q;;;;;;;;;4*-2;;/p-4. The van der Waals surface area contributed by atoms with E-state index < -0.39 is 46.0 Å². The van der Waals surface area contributed by atoms with E-state index in [4.69, 9.17) is 34.4 Å². The summed E-state index contributed by atoms with van der Waals surface area (Å²) in [5.74, 6) is -3.50. The second-order valence-corrected chi connectivity index (χ2v) is 8.93. The Bertz CT molecular complexity index is 1010. The predicted octanol–water partition coefficient (Wildman–Crippen LogP) is -9.49. The zero-order valence-electron chi connectivity index (χ0n) is 32.3. The van der Waals surface area contributed by atoms with Crippen LogP contribution < -0.4 is 98.2 Å². The number of rotatable bonds is 5. The first kappa shape index (κ1) is 82.1. The van der Waals surface area contributed by atoms with Crippen molar-refractivity contribution >= 4 is 0 Å². The summed E-state index contributed by atoms with van der Waals surface area (Å²) in [6.45, 7) is 7.42. The van der Waals surface area contributed by atoms with E-state index in [1.807, 2.05) is 0 Å². The number of hydrogen-bond acceptors (Lipinski definition) is 14. The molecule has 342 valence electrons. The molecule has 0 aliphatic heterocycles. The van der Waals surface area contributed by atoms with Crippen LogP contribution in [-0.4, -0.2) is 65.4 Å². The minimum atomic E-state index is -0.437. The van der Waals surface area contributed by atoms with Gasteiger partial charge in [-0.25, -0.2) is 0 Å². The maximum atomic E-state index is 10.3. The van der Waals surface area contributed by atoms with E-state index in [1.165, 1.54) is 48.5 Å². The first-order chi connectivity index (χ1) is 24.8. The smallest absolute Gasteiger partial charge is 0.124 e. The molecule has 0 atom stereocenters. The first-order valence-corrected chi connectivity index (χ1v) is 15.9. The Morgan fingerprint density at radius 2 is 0.379 bits per heavy atom.